The molecule has 1 fully saturated rings. The molecule has 2 aliphatic rings. The van der Waals surface area contributed by atoms with Gasteiger partial charge in [-0.3, -0.25) is 4.79 Å². The van der Waals surface area contributed by atoms with Gasteiger partial charge in [0.05, 0.1) is 5.52 Å². The Morgan fingerprint density at radius 1 is 1.23 bits per heavy atom. The van der Waals surface area contributed by atoms with Gasteiger partial charge in [-0.15, -0.1) is 0 Å². The zero-order chi connectivity index (χ0) is 18.1. The van der Waals surface area contributed by atoms with Gasteiger partial charge in [0.15, 0.2) is 0 Å². The predicted octanol–water partition coefficient (Wildman–Crippen LogP) is 1.97. The van der Waals surface area contributed by atoms with E-state index < -0.39 is 0 Å². The standard InChI is InChI=1S/C20H26N4O2/c1-14-16(17-6-2-4-15-5-3-11-24(14)19(15)17)7-9-22-20(26)23-12-8-18(25)21-10-13-23/h2,4,6H,3,5,7-13H2,1H3,(H,21,25)(H,22,26). The SMILES string of the molecule is Cc1c(CCNC(=O)N2CCNC(=O)CC2)c2cccc3c2n1CCC3. The lowest BCUT2D eigenvalue weighted by atomic mass is 10.0. The van der Waals surface area contributed by atoms with Crippen molar-refractivity contribution in [1.82, 2.24) is 20.1 Å². The Balaban J connectivity index is 1.44. The van der Waals surface area contributed by atoms with Gasteiger partial charge in [0.25, 0.3) is 0 Å². The number of nitrogens with zero attached hydrogens (tertiary/aromatic N) is 2. The first kappa shape index (κ1) is 16.9. The number of carbonyl (C=O) groups is 2. The molecule has 0 unspecified atom stereocenters. The molecule has 6 nitrogen and oxygen atoms in total. The summed E-state index contributed by atoms with van der Waals surface area (Å²) in [7, 11) is 0. The second kappa shape index (κ2) is 7.02. The molecule has 1 aromatic carbocycles. The molecule has 0 bridgehead atoms. The number of amides is 3. The molecule has 26 heavy (non-hydrogen) atoms. The molecule has 4 rings (SSSR count). The van der Waals surface area contributed by atoms with Crippen LogP contribution in [0.3, 0.4) is 0 Å². The maximum absolute atomic E-state index is 12.4. The molecule has 0 aliphatic carbocycles. The maximum atomic E-state index is 12.4. The highest BCUT2D eigenvalue weighted by molar-refractivity contribution is 5.89. The van der Waals surface area contributed by atoms with Crippen molar-refractivity contribution in [2.75, 3.05) is 26.2 Å². The van der Waals surface area contributed by atoms with Gasteiger partial charge >= 0.3 is 6.03 Å². The van der Waals surface area contributed by atoms with Crippen LogP contribution in [0.25, 0.3) is 10.9 Å². The predicted molar refractivity (Wildman–Crippen MR) is 101 cm³/mol. The van der Waals surface area contributed by atoms with E-state index in [4.69, 9.17) is 0 Å². The highest BCUT2D eigenvalue weighted by atomic mass is 16.2. The summed E-state index contributed by atoms with van der Waals surface area (Å²) in [5.41, 5.74) is 5.49. The van der Waals surface area contributed by atoms with Crippen molar-refractivity contribution in [3.63, 3.8) is 0 Å². The van der Waals surface area contributed by atoms with Gasteiger partial charge in [-0.2, -0.15) is 0 Å². The zero-order valence-corrected chi connectivity index (χ0v) is 15.3. The largest absolute Gasteiger partial charge is 0.354 e. The number of benzene rings is 1. The third-order valence-electron chi connectivity index (χ3n) is 5.64. The number of rotatable bonds is 3. The fourth-order valence-electron chi connectivity index (χ4n) is 4.28. The van der Waals surface area contributed by atoms with Crippen molar-refractivity contribution < 1.29 is 9.59 Å². The minimum absolute atomic E-state index is 0.0186. The van der Waals surface area contributed by atoms with Crippen molar-refractivity contribution in [3.8, 4) is 0 Å². The fourth-order valence-corrected chi connectivity index (χ4v) is 4.28. The van der Waals surface area contributed by atoms with Crippen LogP contribution in [0.2, 0.25) is 0 Å². The molecular formula is C20H26N4O2. The van der Waals surface area contributed by atoms with Crippen molar-refractivity contribution in [2.45, 2.75) is 39.2 Å². The van der Waals surface area contributed by atoms with E-state index in [2.05, 4.69) is 40.3 Å². The van der Waals surface area contributed by atoms with Gasteiger partial charge in [0, 0.05) is 50.2 Å². The van der Waals surface area contributed by atoms with Gasteiger partial charge in [0.1, 0.15) is 0 Å². The summed E-state index contributed by atoms with van der Waals surface area (Å²) in [5.74, 6) is 0.0186. The highest BCUT2D eigenvalue weighted by Gasteiger charge is 2.21. The summed E-state index contributed by atoms with van der Waals surface area (Å²) in [4.78, 5) is 25.5. The topological polar surface area (TPSA) is 66.4 Å². The molecule has 0 atom stereocenters. The van der Waals surface area contributed by atoms with E-state index in [0.717, 1.165) is 19.4 Å². The molecule has 3 amide bonds. The van der Waals surface area contributed by atoms with Gasteiger partial charge in [-0.05, 0) is 37.3 Å². The monoisotopic (exact) mass is 354 g/mol. The summed E-state index contributed by atoms with van der Waals surface area (Å²) in [6.45, 7) is 5.47. The first-order chi connectivity index (χ1) is 12.6. The number of hydrogen-bond acceptors (Lipinski definition) is 2. The number of para-hydroxylation sites is 1. The smallest absolute Gasteiger partial charge is 0.317 e. The normalized spacial score (nSPS) is 17.1. The summed E-state index contributed by atoms with van der Waals surface area (Å²) in [6.07, 6.45) is 3.55. The van der Waals surface area contributed by atoms with Gasteiger partial charge in [-0.1, -0.05) is 18.2 Å². The minimum atomic E-state index is -0.0760. The molecule has 1 aromatic heterocycles. The van der Waals surface area contributed by atoms with Gasteiger partial charge in [-0.25, -0.2) is 4.79 Å². The molecule has 3 heterocycles. The second-order valence-electron chi connectivity index (χ2n) is 7.20. The van der Waals surface area contributed by atoms with Crippen LogP contribution < -0.4 is 10.6 Å². The molecule has 1 saturated heterocycles. The van der Waals surface area contributed by atoms with Crippen LogP contribution in [-0.4, -0.2) is 47.6 Å². The maximum Gasteiger partial charge on any atom is 0.317 e. The molecular weight excluding hydrogens is 328 g/mol. The quantitative estimate of drug-likeness (QED) is 0.885. The molecule has 2 aliphatic heterocycles. The van der Waals surface area contributed by atoms with Crippen molar-refractivity contribution in [1.29, 1.82) is 0 Å². The first-order valence-corrected chi connectivity index (χ1v) is 9.54. The average Bonchev–Trinajstić information content (AvgIpc) is 2.80. The van der Waals surface area contributed by atoms with Crippen LogP contribution in [-0.2, 0) is 24.2 Å². The number of urea groups is 1. The Morgan fingerprint density at radius 2 is 2.12 bits per heavy atom. The zero-order valence-electron chi connectivity index (χ0n) is 15.3. The van der Waals surface area contributed by atoms with Crippen molar-refractivity contribution >= 4 is 22.8 Å². The number of aryl methyl sites for hydroxylation is 2. The Bertz CT molecular complexity index is 855. The number of nitrogens with one attached hydrogen (secondary N) is 2. The molecule has 6 heteroatoms. The fraction of sp³-hybridized carbons (Fsp3) is 0.500. The lowest BCUT2D eigenvalue weighted by molar-refractivity contribution is -0.120. The summed E-state index contributed by atoms with van der Waals surface area (Å²) in [5, 5.41) is 7.16. The van der Waals surface area contributed by atoms with Gasteiger partial charge in [0.2, 0.25) is 5.91 Å². The highest BCUT2D eigenvalue weighted by Crippen LogP contribution is 2.32. The van der Waals surface area contributed by atoms with Crippen LogP contribution in [0, 0.1) is 6.92 Å². The minimum Gasteiger partial charge on any atom is -0.354 e. The second-order valence-corrected chi connectivity index (χ2v) is 7.20. The molecule has 0 spiro atoms. The molecule has 138 valence electrons. The van der Waals surface area contributed by atoms with E-state index in [-0.39, 0.29) is 11.9 Å². The van der Waals surface area contributed by atoms with E-state index in [1.165, 1.54) is 34.1 Å². The van der Waals surface area contributed by atoms with Gasteiger partial charge < -0.3 is 20.1 Å². The first-order valence-electron chi connectivity index (χ1n) is 9.54. The van der Waals surface area contributed by atoms with E-state index in [9.17, 15) is 9.59 Å². The summed E-state index contributed by atoms with van der Waals surface area (Å²) < 4.78 is 2.44. The lowest BCUT2D eigenvalue weighted by Crippen LogP contribution is -2.42. The van der Waals surface area contributed by atoms with Crippen LogP contribution in [0.1, 0.15) is 29.7 Å². The van der Waals surface area contributed by atoms with Crippen LogP contribution in [0.5, 0.6) is 0 Å². The summed E-state index contributed by atoms with van der Waals surface area (Å²) in [6, 6.07) is 6.51. The number of carbonyl (C=O) groups excluding carboxylic acids is 2. The number of aromatic nitrogens is 1. The lowest BCUT2D eigenvalue weighted by Gasteiger charge is -2.20. The average molecular weight is 354 g/mol. The van der Waals surface area contributed by atoms with Crippen molar-refractivity contribution in [2.24, 2.45) is 0 Å². The Hall–Kier alpha value is -2.50. The van der Waals surface area contributed by atoms with Crippen LogP contribution in [0.15, 0.2) is 18.2 Å². The van der Waals surface area contributed by atoms with E-state index in [1.54, 1.807) is 4.90 Å². The Morgan fingerprint density at radius 3 is 3.00 bits per heavy atom. The van der Waals surface area contributed by atoms with E-state index >= 15 is 0 Å². The Kier molecular flexibility index (Phi) is 4.57. The molecule has 2 aromatic rings. The van der Waals surface area contributed by atoms with Crippen LogP contribution >= 0.6 is 0 Å². The third-order valence-corrected chi connectivity index (χ3v) is 5.64. The van der Waals surface area contributed by atoms with Crippen LogP contribution in [0.4, 0.5) is 4.79 Å². The molecule has 2 N–H and O–H groups in total. The number of hydrogen-bond donors (Lipinski definition) is 2. The third kappa shape index (κ3) is 3.04. The summed E-state index contributed by atoms with van der Waals surface area (Å²) >= 11 is 0. The van der Waals surface area contributed by atoms with E-state index in [1.807, 2.05) is 0 Å². The van der Waals surface area contributed by atoms with Crippen molar-refractivity contribution in [3.05, 3.63) is 35.0 Å². The Labute approximate surface area is 153 Å². The molecule has 0 radical (unpaired) electrons. The molecule has 0 saturated carbocycles. The van der Waals surface area contributed by atoms with E-state index in [0.29, 0.717) is 32.6 Å².